The van der Waals surface area contributed by atoms with Crippen molar-refractivity contribution in [3.63, 3.8) is 0 Å². The summed E-state index contributed by atoms with van der Waals surface area (Å²) in [6.45, 7) is 2.33. The fourth-order valence-corrected chi connectivity index (χ4v) is 4.37. The highest BCUT2D eigenvalue weighted by atomic mass is 16.5. The van der Waals surface area contributed by atoms with Gasteiger partial charge in [0.05, 0.1) is 18.3 Å². The van der Waals surface area contributed by atoms with Gasteiger partial charge in [-0.05, 0) is 49.1 Å². The molecule has 1 saturated carbocycles. The average Bonchev–Trinajstić information content (AvgIpc) is 3.40. The molecule has 160 valence electrons. The minimum Gasteiger partial charge on any atom is -0.489 e. The van der Waals surface area contributed by atoms with E-state index < -0.39 is 5.97 Å². The molecule has 0 unspecified atom stereocenters. The normalized spacial score (nSPS) is 18.2. The van der Waals surface area contributed by atoms with Crippen LogP contribution < -0.4 is 4.74 Å². The van der Waals surface area contributed by atoms with Crippen molar-refractivity contribution >= 4 is 18.0 Å². The Morgan fingerprint density at radius 1 is 1.06 bits per heavy atom. The number of hydrogen-bond acceptors (Lipinski definition) is 4. The molecule has 1 amide bonds. The van der Waals surface area contributed by atoms with Gasteiger partial charge in [0.15, 0.2) is 0 Å². The quantitative estimate of drug-likeness (QED) is 0.497. The third kappa shape index (κ3) is 4.41. The summed E-state index contributed by atoms with van der Waals surface area (Å²) in [7, 11) is 1.35. The number of amides is 1. The van der Waals surface area contributed by atoms with Crippen LogP contribution in [0.1, 0.15) is 43.7 Å². The molecule has 0 aromatic heterocycles. The monoisotopic (exact) mass is 417 g/mol. The number of carbonyl (C=O) groups is 2. The minimum atomic E-state index is -0.472. The number of benzene rings is 2. The van der Waals surface area contributed by atoms with E-state index in [9.17, 15) is 9.59 Å². The molecule has 5 nitrogen and oxygen atoms in total. The highest BCUT2D eigenvalue weighted by molar-refractivity contribution is 6.16. The van der Waals surface area contributed by atoms with Crippen molar-refractivity contribution in [3.05, 3.63) is 82.6 Å². The Bertz CT molecular complexity index is 1020. The van der Waals surface area contributed by atoms with Crippen LogP contribution in [0.2, 0.25) is 0 Å². The Morgan fingerprint density at radius 3 is 2.39 bits per heavy atom. The zero-order valence-corrected chi connectivity index (χ0v) is 18.0. The van der Waals surface area contributed by atoms with Gasteiger partial charge in [0, 0.05) is 11.7 Å². The lowest BCUT2D eigenvalue weighted by atomic mass is 10.0. The molecule has 0 saturated heterocycles. The lowest BCUT2D eigenvalue weighted by Gasteiger charge is -2.25. The first-order chi connectivity index (χ1) is 15.1. The van der Waals surface area contributed by atoms with Crippen molar-refractivity contribution < 1.29 is 19.1 Å². The first-order valence-corrected chi connectivity index (χ1v) is 10.7. The number of hydrogen-bond donors (Lipinski definition) is 0. The molecule has 2 aromatic carbocycles. The number of ether oxygens (including phenoxy) is 2. The van der Waals surface area contributed by atoms with Crippen molar-refractivity contribution in [1.82, 2.24) is 4.90 Å². The fourth-order valence-electron chi connectivity index (χ4n) is 4.37. The van der Waals surface area contributed by atoms with E-state index in [1.54, 1.807) is 11.0 Å². The highest BCUT2D eigenvalue weighted by Crippen LogP contribution is 2.37. The van der Waals surface area contributed by atoms with Crippen LogP contribution in [0, 0.1) is 0 Å². The van der Waals surface area contributed by atoms with E-state index in [4.69, 9.17) is 9.47 Å². The van der Waals surface area contributed by atoms with E-state index in [0.29, 0.717) is 23.5 Å². The van der Waals surface area contributed by atoms with Gasteiger partial charge in [-0.25, -0.2) is 4.79 Å². The van der Waals surface area contributed by atoms with Crippen LogP contribution in [0.3, 0.4) is 0 Å². The van der Waals surface area contributed by atoms with Crippen LogP contribution in [0.4, 0.5) is 0 Å². The van der Waals surface area contributed by atoms with Crippen LogP contribution in [0.5, 0.6) is 5.75 Å². The van der Waals surface area contributed by atoms with Gasteiger partial charge in [0.2, 0.25) is 0 Å². The van der Waals surface area contributed by atoms with E-state index in [2.05, 4.69) is 0 Å². The smallest absolute Gasteiger partial charge is 0.340 e. The third-order valence-corrected chi connectivity index (χ3v) is 5.96. The number of rotatable bonds is 6. The van der Waals surface area contributed by atoms with E-state index in [1.807, 2.05) is 61.5 Å². The van der Waals surface area contributed by atoms with E-state index in [1.165, 1.54) is 7.11 Å². The van der Waals surface area contributed by atoms with Gasteiger partial charge in [0.1, 0.15) is 12.4 Å². The van der Waals surface area contributed by atoms with Crippen molar-refractivity contribution in [3.8, 4) is 5.75 Å². The van der Waals surface area contributed by atoms with E-state index in [0.717, 1.165) is 42.6 Å². The molecule has 0 atom stereocenters. The zero-order chi connectivity index (χ0) is 21.8. The average molecular weight is 418 g/mol. The van der Waals surface area contributed by atoms with Crippen molar-refractivity contribution in [2.45, 2.75) is 45.3 Å². The lowest BCUT2D eigenvalue weighted by Crippen LogP contribution is -2.34. The Morgan fingerprint density at radius 2 is 1.74 bits per heavy atom. The molecule has 0 bridgehead atoms. The molecule has 0 spiro atoms. The van der Waals surface area contributed by atoms with Crippen molar-refractivity contribution in [2.24, 2.45) is 0 Å². The molecule has 1 aliphatic heterocycles. The van der Waals surface area contributed by atoms with Gasteiger partial charge in [-0.2, -0.15) is 0 Å². The maximum Gasteiger partial charge on any atom is 0.340 e. The molecule has 1 heterocycles. The topological polar surface area (TPSA) is 55.8 Å². The Balaban J connectivity index is 1.55. The van der Waals surface area contributed by atoms with Crippen molar-refractivity contribution in [1.29, 1.82) is 0 Å². The van der Waals surface area contributed by atoms with Crippen LogP contribution >= 0.6 is 0 Å². The van der Waals surface area contributed by atoms with Crippen LogP contribution in [0.25, 0.3) is 6.08 Å². The third-order valence-electron chi connectivity index (χ3n) is 5.96. The number of allylic oxidation sites excluding steroid dienone is 1. The molecular formula is C26H27NO4. The first-order valence-electron chi connectivity index (χ1n) is 10.7. The second kappa shape index (κ2) is 9.21. The number of methoxy groups -OCH3 is 1. The van der Waals surface area contributed by atoms with Crippen molar-refractivity contribution in [2.75, 3.05) is 7.11 Å². The molecular weight excluding hydrogens is 390 g/mol. The van der Waals surface area contributed by atoms with E-state index in [-0.39, 0.29) is 11.9 Å². The largest absolute Gasteiger partial charge is 0.489 e. The Kier molecular flexibility index (Phi) is 6.21. The summed E-state index contributed by atoms with van der Waals surface area (Å²) in [4.78, 5) is 27.5. The number of carbonyl (C=O) groups excluding carboxylic acids is 2. The van der Waals surface area contributed by atoms with Gasteiger partial charge in [0.25, 0.3) is 5.91 Å². The fraction of sp³-hybridized carbons (Fsp3) is 0.308. The summed E-state index contributed by atoms with van der Waals surface area (Å²) < 4.78 is 10.8. The van der Waals surface area contributed by atoms with Crippen LogP contribution in [-0.4, -0.2) is 29.9 Å². The predicted octanol–water partition coefficient (Wildman–Crippen LogP) is 4.88. The second-order valence-electron chi connectivity index (χ2n) is 7.97. The predicted molar refractivity (Wildman–Crippen MR) is 119 cm³/mol. The summed E-state index contributed by atoms with van der Waals surface area (Å²) >= 11 is 0. The van der Waals surface area contributed by atoms with Gasteiger partial charge in [-0.1, -0.05) is 55.3 Å². The molecule has 31 heavy (non-hydrogen) atoms. The summed E-state index contributed by atoms with van der Waals surface area (Å²) in [5, 5.41) is 0. The molecule has 1 aliphatic carbocycles. The molecule has 1 fully saturated rings. The highest BCUT2D eigenvalue weighted by Gasteiger charge is 2.40. The number of esters is 1. The molecule has 5 heteroatoms. The molecule has 2 aliphatic rings. The van der Waals surface area contributed by atoms with Crippen LogP contribution in [-0.2, 0) is 20.9 Å². The van der Waals surface area contributed by atoms with Gasteiger partial charge in [-0.15, -0.1) is 0 Å². The van der Waals surface area contributed by atoms with Gasteiger partial charge < -0.3 is 14.4 Å². The summed E-state index contributed by atoms with van der Waals surface area (Å²) in [6, 6.07) is 17.7. The molecule has 0 radical (unpaired) electrons. The Hall–Kier alpha value is -3.34. The SMILES string of the molecule is COC(=O)C1=C(C)N(C2CCCC2)C(=O)/C1=C\c1ccc(OCc2ccccc2)cc1. The van der Waals surface area contributed by atoms with Gasteiger partial charge >= 0.3 is 5.97 Å². The van der Waals surface area contributed by atoms with Gasteiger partial charge in [-0.3, -0.25) is 4.79 Å². The zero-order valence-electron chi connectivity index (χ0n) is 18.0. The molecule has 0 N–H and O–H groups in total. The lowest BCUT2D eigenvalue weighted by molar-refractivity contribution is -0.136. The summed E-state index contributed by atoms with van der Waals surface area (Å²) in [6.07, 6.45) is 5.93. The summed E-state index contributed by atoms with van der Waals surface area (Å²) in [5.74, 6) is 0.158. The minimum absolute atomic E-state index is 0.116. The molecule has 2 aromatic rings. The maximum absolute atomic E-state index is 13.2. The standard InChI is InChI=1S/C26H27NO4/c1-18-24(26(29)30-2)23(25(28)27(18)21-10-6-7-11-21)16-19-12-14-22(15-13-19)31-17-20-8-4-3-5-9-20/h3-5,8-9,12-16,21H,6-7,10-11,17H2,1-2H3/b23-16-. The Labute approximate surface area is 183 Å². The summed E-state index contributed by atoms with van der Waals surface area (Å²) in [5.41, 5.74) is 3.38. The number of nitrogens with zero attached hydrogens (tertiary/aromatic N) is 1. The van der Waals surface area contributed by atoms with E-state index >= 15 is 0 Å². The first kappa shape index (κ1) is 20.9. The van der Waals surface area contributed by atoms with Crippen LogP contribution in [0.15, 0.2) is 71.4 Å². The maximum atomic E-state index is 13.2. The molecule has 4 rings (SSSR count). The second-order valence-corrected chi connectivity index (χ2v) is 7.97.